The summed E-state index contributed by atoms with van der Waals surface area (Å²) in [6.45, 7) is 8.85. The zero-order chi connectivity index (χ0) is 40.1. The van der Waals surface area contributed by atoms with Gasteiger partial charge in [0.05, 0.1) is 19.3 Å². The molecule has 0 spiro atoms. The highest BCUT2D eigenvalue weighted by molar-refractivity contribution is 5.69. The van der Waals surface area contributed by atoms with Crippen LogP contribution in [0.5, 0.6) is 0 Å². The summed E-state index contributed by atoms with van der Waals surface area (Å²) in [5, 5.41) is 0. The maximum atomic E-state index is 12.8. The third kappa shape index (κ3) is 31.5. The van der Waals surface area contributed by atoms with Crippen molar-refractivity contribution in [2.24, 2.45) is 0 Å². The number of hydrogen-bond donors (Lipinski definition) is 0. The van der Waals surface area contributed by atoms with Crippen molar-refractivity contribution in [1.82, 2.24) is 4.90 Å². The van der Waals surface area contributed by atoms with E-state index in [4.69, 9.17) is 18.9 Å². The normalized spacial score (nSPS) is 17.1. The molecule has 1 rings (SSSR count). The Balaban J connectivity index is 2.29. The third-order valence-electron chi connectivity index (χ3n) is 11.4. The number of hydrogen-bond acceptors (Lipinski definition) is 7. The number of rotatable bonds is 41. The van der Waals surface area contributed by atoms with E-state index in [2.05, 4.69) is 39.8 Å². The van der Waals surface area contributed by atoms with Gasteiger partial charge < -0.3 is 23.8 Å². The lowest BCUT2D eigenvalue weighted by molar-refractivity contribution is -0.180. The molecule has 1 heterocycles. The minimum Gasteiger partial charge on any atom is -0.466 e. The second-order valence-electron chi connectivity index (χ2n) is 17.3. The number of esters is 2. The van der Waals surface area contributed by atoms with Crippen molar-refractivity contribution in [2.75, 3.05) is 33.9 Å². The third-order valence-corrected chi connectivity index (χ3v) is 11.4. The van der Waals surface area contributed by atoms with Gasteiger partial charge in [0.1, 0.15) is 6.10 Å². The average Bonchev–Trinajstić information content (AvgIpc) is 3.56. The molecule has 1 fully saturated rings. The van der Waals surface area contributed by atoms with Crippen LogP contribution in [0.2, 0.25) is 0 Å². The van der Waals surface area contributed by atoms with E-state index in [1.54, 1.807) is 0 Å². The van der Waals surface area contributed by atoms with E-state index in [1.807, 2.05) is 0 Å². The number of likely N-dealkylation sites (N-methyl/N-ethyl adjacent to an activating group) is 1. The molecule has 0 aromatic rings. The van der Waals surface area contributed by atoms with Gasteiger partial charge in [-0.2, -0.15) is 0 Å². The molecule has 0 aliphatic carbocycles. The van der Waals surface area contributed by atoms with Gasteiger partial charge >= 0.3 is 11.9 Å². The van der Waals surface area contributed by atoms with Gasteiger partial charge in [-0.25, -0.2) is 0 Å². The molecule has 0 radical (unpaired) electrons. The zero-order valence-corrected chi connectivity index (χ0v) is 37.4. The van der Waals surface area contributed by atoms with Crippen LogP contribution in [0.3, 0.4) is 0 Å². The van der Waals surface area contributed by atoms with Crippen molar-refractivity contribution in [1.29, 1.82) is 0 Å². The maximum absolute atomic E-state index is 12.8. The topological polar surface area (TPSA) is 74.3 Å². The monoisotopic (exact) mass is 780 g/mol. The van der Waals surface area contributed by atoms with E-state index in [0.29, 0.717) is 26.1 Å². The van der Waals surface area contributed by atoms with Crippen LogP contribution in [0.25, 0.3) is 0 Å². The summed E-state index contributed by atoms with van der Waals surface area (Å²) < 4.78 is 24.6. The second kappa shape index (κ2) is 37.1. The molecule has 1 saturated heterocycles. The van der Waals surface area contributed by atoms with E-state index < -0.39 is 5.79 Å². The first-order valence-corrected chi connectivity index (χ1v) is 24.2. The molecule has 0 aromatic heterocycles. The van der Waals surface area contributed by atoms with Crippen molar-refractivity contribution >= 4 is 11.9 Å². The fraction of sp³-hybridized carbons (Fsp3) is 0.958. The standard InChI is InChI=1S/C48H93NO6/c1-6-9-12-15-18-19-23-30-37-46(50)52-41-34-27-26-33-40-48(53-43-45(55-48)42-49(4)5)39-32-25-20-24-31-38-47(51)54-44(35-28-21-16-13-10-7-2)36-29-22-17-14-11-8-3/h44-45H,6-43H2,1-5H3. The zero-order valence-electron chi connectivity index (χ0n) is 37.4. The Morgan fingerprint density at radius 2 is 0.982 bits per heavy atom. The van der Waals surface area contributed by atoms with Crippen molar-refractivity contribution in [3.63, 3.8) is 0 Å². The van der Waals surface area contributed by atoms with E-state index in [0.717, 1.165) is 103 Å². The van der Waals surface area contributed by atoms with Crippen LogP contribution in [0.15, 0.2) is 0 Å². The number of carbonyl (C=O) groups excluding carboxylic acids is 2. The summed E-state index contributed by atoms with van der Waals surface area (Å²) in [5.74, 6) is -0.498. The number of carbonyl (C=O) groups is 2. The average molecular weight is 780 g/mol. The van der Waals surface area contributed by atoms with Crippen LogP contribution in [-0.4, -0.2) is 68.7 Å². The van der Waals surface area contributed by atoms with Crippen LogP contribution in [-0.2, 0) is 28.5 Å². The quantitative estimate of drug-likeness (QED) is 0.0452. The van der Waals surface area contributed by atoms with Crippen LogP contribution in [0, 0.1) is 0 Å². The molecular formula is C48H93NO6. The highest BCUT2D eigenvalue weighted by Crippen LogP contribution is 2.35. The molecule has 0 bridgehead atoms. The molecule has 0 aromatic carbocycles. The molecule has 55 heavy (non-hydrogen) atoms. The van der Waals surface area contributed by atoms with Crippen molar-refractivity contribution < 1.29 is 28.5 Å². The number of nitrogens with zero attached hydrogens (tertiary/aromatic N) is 1. The first-order valence-electron chi connectivity index (χ1n) is 24.2. The van der Waals surface area contributed by atoms with Crippen molar-refractivity contribution in [2.45, 2.75) is 263 Å². The summed E-state index contributed by atoms with van der Waals surface area (Å²) in [4.78, 5) is 27.1. The van der Waals surface area contributed by atoms with Crippen LogP contribution in [0.4, 0.5) is 0 Å². The summed E-state index contributed by atoms with van der Waals surface area (Å²) in [5.41, 5.74) is 0. The van der Waals surface area contributed by atoms with E-state index >= 15 is 0 Å². The molecule has 0 amide bonds. The molecule has 2 unspecified atom stereocenters. The summed E-state index contributed by atoms with van der Waals surface area (Å²) in [6.07, 6.45) is 40.0. The van der Waals surface area contributed by atoms with Gasteiger partial charge in [0, 0.05) is 32.2 Å². The minimum atomic E-state index is -0.478. The van der Waals surface area contributed by atoms with Crippen LogP contribution >= 0.6 is 0 Å². The van der Waals surface area contributed by atoms with Gasteiger partial charge in [0.25, 0.3) is 0 Å². The van der Waals surface area contributed by atoms with E-state index in [-0.39, 0.29) is 24.1 Å². The first-order chi connectivity index (χ1) is 26.8. The van der Waals surface area contributed by atoms with E-state index in [9.17, 15) is 9.59 Å². The molecule has 7 heteroatoms. The molecular weight excluding hydrogens is 687 g/mol. The highest BCUT2D eigenvalue weighted by Gasteiger charge is 2.40. The molecule has 0 N–H and O–H groups in total. The fourth-order valence-corrected chi connectivity index (χ4v) is 8.02. The van der Waals surface area contributed by atoms with Crippen LogP contribution in [0.1, 0.15) is 245 Å². The lowest BCUT2D eigenvalue weighted by Crippen LogP contribution is -2.33. The lowest BCUT2D eigenvalue weighted by Gasteiger charge is -2.29. The summed E-state index contributed by atoms with van der Waals surface area (Å²) in [6, 6.07) is 0. The summed E-state index contributed by atoms with van der Waals surface area (Å²) in [7, 11) is 4.18. The Bertz CT molecular complexity index is 851. The van der Waals surface area contributed by atoms with Gasteiger partial charge in [-0.05, 0) is 71.9 Å². The Kier molecular flexibility index (Phi) is 35.0. The molecule has 0 saturated carbocycles. The molecule has 1 aliphatic heterocycles. The smallest absolute Gasteiger partial charge is 0.306 e. The molecule has 326 valence electrons. The predicted molar refractivity (Wildman–Crippen MR) is 232 cm³/mol. The minimum absolute atomic E-state index is 0.0116. The Morgan fingerprint density at radius 3 is 1.47 bits per heavy atom. The van der Waals surface area contributed by atoms with Crippen molar-refractivity contribution in [3.05, 3.63) is 0 Å². The lowest BCUT2D eigenvalue weighted by atomic mass is 9.99. The predicted octanol–water partition coefficient (Wildman–Crippen LogP) is 13.8. The fourth-order valence-electron chi connectivity index (χ4n) is 8.02. The SMILES string of the molecule is CCCCCCCCCCC(=O)OCCCCCCC1(CCCCCCCC(=O)OC(CCCCCCCC)CCCCCCCC)OCC(CN(C)C)O1. The van der Waals surface area contributed by atoms with Gasteiger partial charge in [0.2, 0.25) is 0 Å². The van der Waals surface area contributed by atoms with Gasteiger partial charge in [0.15, 0.2) is 5.79 Å². The highest BCUT2D eigenvalue weighted by atomic mass is 16.7. The van der Waals surface area contributed by atoms with E-state index in [1.165, 1.54) is 116 Å². The molecule has 1 aliphatic rings. The van der Waals surface area contributed by atoms with Gasteiger partial charge in [-0.15, -0.1) is 0 Å². The van der Waals surface area contributed by atoms with Gasteiger partial charge in [-0.3, -0.25) is 9.59 Å². The second-order valence-corrected chi connectivity index (χ2v) is 17.3. The van der Waals surface area contributed by atoms with Gasteiger partial charge in [-0.1, -0.05) is 162 Å². The molecule has 7 nitrogen and oxygen atoms in total. The summed E-state index contributed by atoms with van der Waals surface area (Å²) >= 11 is 0. The Hall–Kier alpha value is -1.18. The Morgan fingerprint density at radius 1 is 0.564 bits per heavy atom. The number of ether oxygens (including phenoxy) is 4. The maximum Gasteiger partial charge on any atom is 0.306 e. The van der Waals surface area contributed by atoms with Crippen molar-refractivity contribution in [3.8, 4) is 0 Å². The largest absolute Gasteiger partial charge is 0.466 e. The number of unbranched alkanes of at least 4 members (excludes halogenated alkanes) is 24. The molecule has 2 atom stereocenters. The first kappa shape index (κ1) is 51.8. The Labute approximate surface area is 341 Å². The van der Waals surface area contributed by atoms with Crippen LogP contribution < -0.4 is 0 Å².